The molecule has 0 aromatic carbocycles. The van der Waals surface area contributed by atoms with E-state index in [1.165, 1.54) is 12.8 Å². The van der Waals surface area contributed by atoms with Crippen LogP contribution in [0.25, 0.3) is 0 Å². The molecule has 1 atom stereocenters. The van der Waals surface area contributed by atoms with Crippen molar-refractivity contribution in [3.8, 4) is 0 Å². The quantitative estimate of drug-likeness (QED) is 0.661. The van der Waals surface area contributed by atoms with E-state index in [4.69, 9.17) is 5.73 Å². The summed E-state index contributed by atoms with van der Waals surface area (Å²) in [5.74, 6) is 1.34. The Morgan fingerprint density at radius 3 is 3.00 bits per heavy atom. The molecule has 0 aromatic rings. The molecule has 0 saturated carbocycles. The van der Waals surface area contributed by atoms with Gasteiger partial charge in [0.1, 0.15) is 0 Å². The highest BCUT2D eigenvalue weighted by Crippen LogP contribution is 2.24. The maximum atomic E-state index is 11.5. The molecular formula is C9H18N2OS. The summed E-state index contributed by atoms with van der Waals surface area (Å²) in [5.41, 5.74) is 5.34. The van der Waals surface area contributed by atoms with Crippen molar-refractivity contribution < 1.29 is 4.79 Å². The molecule has 0 aromatic heterocycles. The standard InChI is InChI=1S/C9H18N2OS/c10-5-3-6-11-9(12)8-4-1-2-7-13-8/h8H,1-7,10H2,(H,11,12). The van der Waals surface area contributed by atoms with Crippen LogP contribution in [0, 0.1) is 0 Å². The predicted octanol–water partition coefficient (Wildman–Crippen LogP) is 0.737. The van der Waals surface area contributed by atoms with Crippen LogP contribution in [-0.4, -0.2) is 30.0 Å². The van der Waals surface area contributed by atoms with Crippen molar-refractivity contribution in [1.29, 1.82) is 0 Å². The normalized spacial score (nSPS) is 22.7. The van der Waals surface area contributed by atoms with E-state index < -0.39 is 0 Å². The van der Waals surface area contributed by atoms with Crippen LogP contribution in [0.15, 0.2) is 0 Å². The zero-order chi connectivity index (χ0) is 9.52. The van der Waals surface area contributed by atoms with E-state index >= 15 is 0 Å². The minimum atomic E-state index is 0.200. The summed E-state index contributed by atoms with van der Waals surface area (Å²) in [6, 6.07) is 0. The molecule has 0 bridgehead atoms. The molecule has 13 heavy (non-hydrogen) atoms. The molecule has 1 amide bonds. The Morgan fingerprint density at radius 2 is 2.38 bits per heavy atom. The van der Waals surface area contributed by atoms with E-state index in [1.807, 2.05) is 0 Å². The molecule has 1 heterocycles. The number of nitrogens with two attached hydrogens (primary N) is 1. The minimum Gasteiger partial charge on any atom is -0.355 e. The average molecular weight is 202 g/mol. The van der Waals surface area contributed by atoms with Gasteiger partial charge in [-0.05, 0) is 31.6 Å². The first-order chi connectivity index (χ1) is 6.34. The van der Waals surface area contributed by atoms with Crippen molar-refractivity contribution >= 4 is 17.7 Å². The summed E-state index contributed by atoms with van der Waals surface area (Å²) >= 11 is 1.79. The molecule has 0 radical (unpaired) electrons. The van der Waals surface area contributed by atoms with Crippen LogP contribution >= 0.6 is 11.8 Å². The van der Waals surface area contributed by atoms with Gasteiger partial charge in [-0.3, -0.25) is 4.79 Å². The van der Waals surface area contributed by atoms with Crippen molar-refractivity contribution in [3.63, 3.8) is 0 Å². The van der Waals surface area contributed by atoms with Crippen LogP contribution in [-0.2, 0) is 4.79 Å². The zero-order valence-electron chi connectivity index (χ0n) is 7.92. The third-order valence-corrected chi connectivity index (χ3v) is 3.53. The SMILES string of the molecule is NCCCNC(=O)C1CCCCS1. The molecule has 76 valence electrons. The third-order valence-electron chi connectivity index (χ3n) is 2.15. The molecule has 1 rings (SSSR count). The summed E-state index contributed by atoms with van der Waals surface area (Å²) in [6.45, 7) is 1.38. The molecule has 3 nitrogen and oxygen atoms in total. The van der Waals surface area contributed by atoms with Gasteiger partial charge in [0, 0.05) is 6.54 Å². The summed E-state index contributed by atoms with van der Waals surface area (Å²) in [5, 5.41) is 3.11. The van der Waals surface area contributed by atoms with Crippen LogP contribution in [0.1, 0.15) is 25.7 Å². The van der Waals surface area contributed by atoms with E-state index in [9.17, 15) is 4.79 Å². The van der Waals surface area contributed by atoms with Gasteiger partial charge in [0.05, 0.1) is 5.25 Å². The lowest BCUT2D eigenvalue weighted by molar-refractivity contribution is -0.120. The molecular weight excluding hydrogens is 184 g/mol. The minimum absolute atomic E-state index is 0.200. The number of carbonyl (C=O) groups excluding carboxylic acids is 1. The van der Waals surface area contributed by atoms with E-state index in [0.717, 1.165) is 25.1 Å². The van der Waals surface area contributed by atoms with Gasteiger partial charge in [-0.15, -0.1) is 11.8 Å². The fourth-order valence-corrected chi connectivity index (χ4v) is 2.60. The first-order valence-corrected chi connectivity index (χ1v) is 5.99. The second-order valence-electron chi connectivity index (χ2n) is 3.29. The second-order valence-corrected chi connectivity index (χ2v) is 4.60. The van der Waals surface area contributed by atoms with Crippen LogP contribution in [0.5, 0.6) is 0 Å². The Morgan fingerprint density at radius 1 is 1.54 bits per heavy atom. The van der Waals surface area contributed by atoms with E-state index in [2.05, 4.69) is 5.32 Å². The largest absolute Gasteiger partial charge is 0.355 e. The lowest BCUT2D eigenvalue weighted by Gasteiger charge is -2.20. The highest BCUT2D eigenvalue weighted by atomic mass is 32.2. The predicted molar refractivity (Wildman–Crippen MR) is 56.8 cm³/mol. The van der Waals surface area contributed by atoms with E-state index in [0.29, 0.717) is 6.54 Å². The van der Waals surface area contributed by atoms with Crippen molar-refractivity contribution in [2.24, 2.45) is 5.73 Å². The number of hydrogen-bond donors (Lipinski definition) is 2. The topological polar surface area (TPSA) is 55.1 Å². The van der Waals surface area contributed by atoms with Crippen molar-refractivity contribution in [3.05, 3.63) is 0 Å². The van der Waals surface area contributed by atoms with Gasteiger partial charge in [0.2, 0.25) is 5.91 Å². The molecule has 1 aliphatic heterocycles. The van der Waals surface area contributed by atoms with Crippen LogP contribution in [0.2, 0.25) is 0 Å². The Labute approximate surface area is 83.8 Å². The molecule has 1 unspecified atom stereocenters. The average Bonchev–Trinajstić information content (AvgIpc) is 2.19. The lowest BCUT2D eigenvalue weighted by atomic mass is 10.2. The molecule has 1 saturated heterocycles. The molecule has 0 spiro atoms. The summed E-state index contributed by atoms with van der Waals surface area (Å²) in [4.78, 5) is 11.5. The Balaban J connectivity index is 2.13. The summed E-state index contributed by atoms with van der Waals surface area (Å²) in [6.07, 6.45) is 4.38. The lowest BCUT2D eigenvalue weighted by Crippen LogP contribution is -2.35. The van der Waals surface area contributed by atoms with Gasteiger partial charge in [0.15, 0.2) is 0 Å². The number of nitrogens with one attached hydrogen (secondary N) is 1. The Hall–Kier alpha value is -0.220. The molecule has 3 N–H and O–H groups in total. The fourth-order valence-electron chi connectivity index (χ4n) is 1.37. The van der Waals surface area contributed by atoms with E-state index in [1.54, 1.807) is 11.8 Å². The number of carbonyl (C=O) groups is 1. The van der Waals surface area contributed by atoms with Gasteiger partial charge in [-0.2, -0.15) is 0 Å². The van der Waals surface area contributed by atoms with Crippen molar-refractivity contribution in [2.45, 2.75) is 30.9 Å². The highest BCUT2D eigenvalue weighted by Gasteiger charge is 2.20. The number of amides is 1. The maximum Gasteiger partial charge on any atom is 0.233 e. The van der Waals surface area contributed by atoms with Crippen molar-refractivity contribution in [2.75, 3.05) is 18.8 Å². The number of thioether (sulfide) groups is 1. The molecule has 4 heteroatoms. The van der Waals surface area contributed by atoms with Gasteiger partial charge < -0.3 is 11.1 Å². The Bertz CT molecular complexity index is 158. The number of hydrogen-bond acceptors (Lipinski definition) is 3. The summed E-state index contributed by atoms with van der Waals surface area (Å²) in [7, 11) is 0. The highest BCUT2D eigenvalue weighted by molar-refractivity contribution is 8.00. The monoisotopic (exact) mass is 202 g/mol. The second kappa shape index (κ2) is 6.27. The first-order valence-electron chi connectivity index (χ1n) is 4.94. The number of rotatable bonds is 4. The molecule has 1 fully saturated rings. The molecule has 1 aliphatic rings. The van der Waals surface area contributed by atoms with Crippen molar-refractivity contribution in [1.82, 2.24) is 5.32 Å². The zero-order valence-corrected chi connectivity index (χ0v) is 8.74. The third kappa shape index (κ3) is 4.00. The van der Waals surface area contributed by atoms with Crippen LogP contribution in [0.3, 0.4) is 0 Å². The van der Waals surface area contributed by atoms with Crippen LogP contribution in [0.4, 0.5) is 0 Å². The van der Waals surface area contributed by atoms with Gasteiger partial charge >= 0.3 is 0 Å². The van der Waals surface area contributed by atoms with Gasteiger partial charge in [0.25, 0.3) is 0 Å². The molecule has 0 aliphatic carbocycles. The first kappa shape index (κ1) is 10.9. The Kier molecular flexibility index (Phi) is 5.23. The van der Waals surface area contributed by atoms with E-state index in [-0.39, 0.29) is 11.2 Å². The van der Waals surface area contributed by atoms with Gasteiger partial charge in [-0.25, -0.2) is 0 Å². The fraction of sp³-hybridized carbons (Fsp3) is 0.889. The maximum absolute atomic E-state index is 11.5. The van der Waals surface area contributed by atoms with Gasteiger partial charge in [-0.1, -0.05) is 6.42 Å². The summed E-state index contributed by atoms with van der Waals surface area (Å²) < 4.78 is 0. The van der Waals surface area contributed by atoms with Crippen LogP contribution < -0.4 is 11.1 Å². The smallest absolute Gasteiger partial charge is 0.233 e.